The topological polar surface area (TPSA) is 35.2 Å². The average Bonchev–Trinajstić information content (AvgIpc) is 2.44. The molecular weight excluding hydrogens is 277 g/mol. The van der Waals surface area contributed by atoms with Crippen LogP contribution >= 0.6 is 11.6 Å². The number of nitrogens with two attached hydrogens (primary N) is 1. The van der Waals surface area contributed by atoms with Crippen LogP contribution in [0.25, 0.3) is 0 Å². The molecular formula is C16H17ClFNO. The molecule has 0 heterocycles. The zero-order valence-electron chi connectivity index (χ0n) is 11.3. The summed E-state index contributed by atoms with van der Waals surface area (Å²) in [5.74, 6) is 0.405. The number of halogens is 2. The van der Waals surface area contributed by atoms with Crippen LogP contribution in [0.3, 0.4) is 0 Å². The van der Waals surface area contributed by atoms with Gasteiger partial charge in [0.25, 0.3) is 0 Å². The normalized spacial score (nSPS) is 12.2. The van der Waals surface area contributed by atoms with Gasteiger partial charge in [-0.1, -0.05) is 41.9 Å². The molecule has 0 saturated carbocycles. The van der Waals surface area contributed by atoms with Gasteiger partial charge < -0.3 is 10.5 Å². The molecule has 106 valence electrons. The van der Waals surface area contributed by atoms with E-state index in [-0.39, 0.29) is 11.1 Å². The molecule has 0 saturated heterocycles. The van der Waals surface area contributed by atoms with Gasteiger partial charge in [0.1, 0.15) is 11.6 Å². The lowest BCUT2D eigenvalue weighted by molar-refractivity contribution is 0.407. The summed E-state index contributed by atoms with van der Waals surface area (Å²) in [4.78, 5) is 0. The Morgan fingerprint density at radius 1 is 1.10 bits per heavy atom. The van der Waals surface area contributed by atoms with E-state index in [1.807, 2.05) is 24.3 Å². The maximum atomic E-state index is 13.4. The second-order valence-electron chi connectivity index (χ2n) is 4.69. The van der Waals surface area contributed by atoms with Crippen LogP contribution in [0.15, 0.2) is 42.5 Å². The smallest absolute Gasteiger partial charge is 0.142 e. The van der Waals surface area contributed by atoms with Crippen molar-refractivity contribution in [3.63, 3.8) is 0 Å². The number of ether oxygens (including phenoxy) is 1. The first-order valence-electron chi connectivity index (χ1n) is 6.42. The van der Waals surface area contributed by atoms with Crippen LogP contribution in [-0.4, -0.2) is 13.2 Å². The SMILES string of the molecule is COc1ccccc1CC(N)Cc1cccc(F)c1Cl. The largest absolute Gasteiger partial charge is 0.496 e. The second-order valence-corrected chi connectivity index (χ2v) is 5.07. The molecule has 0 aliphatic rings. The minimum Gasteiger partial charge on any atom is -0.496 e. The van der Waals surface area contributed by atoms with Crippen LogP contribution in [0.1, 0.15) is 11.1 Å². The van der Waals surface area contributed by atoms with E-state index < -0.39 is 5.82 Å². The number of methoxy groups -OCH3 is 1. The molecule has 20 heavy (non-hydrogen) atoms. The van der Waals surface area contributed by atoms with Gasteiger partial charge in [0.2, 0.25) is 0 Å². The van der Waals surface area contributed by atoms with Crippen molar-refractivity contribution >= 4 is 11.6 Å². The first-order chi connectivity index (χ1) is 9.61. The van der Waals surface area contributed by atoms with Crippen molar-refractivity contribution in [1.82, 2.24) is 0 Å². The molecule has 2 aromatic carbocycles. The molecule has 2 N–H and O–H groups in total. The third-order valence-corrected chi connectivity index (χ3v) is 3.61. The van der Waals surface area contributed by atoms with Crippen LogP contribution in [-0.2, 0) is 12.8 Å². The van der Waals surface area contributed by atoms with E-state index in [9.17, 15) is 4.39 Å². The molecule has 2 rings (SSSR count). The van der Waals surface area contributed by atoms with E-state index in [4.69, 9.17) is 22.1 Å². The molecule has 4 heteroatoms. The van der Waals surface area contributed by atoms with Crippen LogP contribution in [0.2, 0.25) is 5.02 Å². The number of para-hydroxylation sites is 1. The van der Waals surface area contributed by atoms with Crippen LogP contribution < -0.4 is 10.5 Å². The van der Waals surface area contributed by atoms with E-state index in [1.54, 1.807) is 19.2 Å². The first kappa shape index (κ1) is 14.8. The van der Waals surface area contributed by atoms with Crippen molar-refractivity contribution in [3.8, 4) is 5.75 Å². The van der Waals surface area contributed by atoms with Gasteiger partial charge in [-0.05, 0) is 36.1 Å². The lowest BCUT2D eigenvalue weighted by atomic mass is 9.99. The van der Waals surface area contributed by atoms with Gasteiger partial charge in [-0.15, -0.1) is 0 Å². The number of hydrogen-bond acceptors (Lipinski definition) is 2. The standard InChI is InChI=1S/C16H17ClFNO/c1-20-15-8-3-2-5-11(15)9-13(19)10-12-6-4-7-14(18)16(12)17/h2-8,13H,9-10,19H2,1H3. The summed E-state index contributed by atoms with van der Waals surface area (Å²) in [6, 6.07) is 12.4. The highest BCUT2D eigenvalue weighted by molar-refractivity contribution is 6.31. The number of rotatable bonds is 5. The van der Waals surface area contributed by atoms with Gasteiger partial charge >= 0.3 is 0 Å². The molecule has 2 nitrogen and oxygen atoms in total. The van der Waals surface area contributed by atoms with Crippen LogP contribution in [0, 0.1) is 5.82 Å². The highest BCUT2D eigenvalue weighted by Gasteiger charge is 2.12. The van der Waals surface area contributed by atoms with Crippen molar-refractivity contribution in [2.24, 2.45) is 5.73 Å². The van der Waals surface area contributed by atoms with Crippen molar-refractivity contribution in [3.05, 3.63) is 64.4 Å². The molecule has 0 aromatic heterocycles. The van der Waals surface area contributed by atoms with Gasteiger partial charge in [-0.3, -0.25) is 0 Å². The second kappa shape index (κ2) is 6.73. The summed E-state index contributed by atoms with van der Waals surface area (Å²) in [5.41, 5.74) is 7.91. The van der Waals surface area contributed by atoms with E-state index in [2.05, 4.69) is 0 Å². The molecule has 0 amide bonds. The highest BCUT2D eigenvalue weighted by atomic mass is 35.5. The summed E-state index contributed by atoms with van der Waals surface area (Å²) in [7, 11) is 1.63. The summed E-state index contributed by atoms with van der Waals surface area (Å²) in [6.07, 6.45) is 1.17. The first-order valence-corrected chi connectivity index (χ1v) is 6.80. The minimum absolute atomic E-state index is 0.148. The molecule has 0 fully saturated rings. The summed E-state index contributed by atoms with van der Waals surface area (Å²) in [6.45, 7) is 0. The predicted molar refractivity (Wildman–Crippen MR) is 79.8 cm³/mol. The Hall–Kier alpha value is -1.58. The fraction of sp³-hybridized carbons (Fsp3) is 0.250. The molecule has 0 bridgehead atoms. The van der Waals surface area contributed by atoms with Crippen molar-refractivity contribution in [2.75, 3.05) is 7.11 Å². The lowest BCUT2D eigenvalue weighted by Gasteiger charge is -2.15. The van der Waals surface area contributed by atoms with Crippen LogP contribution in [0.4, 0.5) is 4.39 Å². The number of hydrogen-bond donors (Lipinski definition) is 1. The molecule has 1 atom stereocenters. The molecule has 2 aromatic rings. The zero-order valence-corrected chi connectivity index (χ0v) is 12.0. The van der Waals surface area contributed by atoms with Gasteiger partial charge in [0.05, 0.1) is 12.1 Å². The van der Waals surface area contributed by atoms with E-state index in [1.165, 1.54) is 6.07 Å². The van der Waals surface area contributed by atoms with Gasteiger partial charge in [0.15, 0.2) is 0 Å². The molecule has 1 unspecified atom stereocenters. The van der Waals surface area contributed by atoms with E-state index >= 15 is 0 Å². The molecule has 0 aliphatic heterocycles. The quantitative estimate of drug-likeness (QED) is 0.914. The fourth-order valence-electron chi connectivity index (χ4n) is 2.21. The Bertz CT molecular complexity index is 588. The molecule has 0 aliphatic carbocycles. The van der Waals surface area contributed by atoms with Crippen molar-refractivity contribution < 1.29 is 9.13 Å². The van der Waals surface area contributed by atoms with Crippen LogP contribution in [0.5, 0.6) is 5.75 Å². The maximum absolute atomic E-state index is 13.4. The van der Waals surface area contributed by atoms with E-state index in [0.717, 1.165) is 16.9 Å². The monoisotopic (exact) mass is 293 g/mol. The summed E-state index contributed by atoms with van der Waals surface area (Å²) < 4.78 is 18.7. The Balaban J connectivity index is 2.09. The van der Waals surface area contributed by atoms with Gasteiger partial charge in [-0.25, -0.2) is 4.39 Å². The maximum Gasteiger partial charge on any atom is 0.142 e. The van der Waals surface area contributed by atoms with Crippen molar-refractivity contribution in [2.45, 2.75) is 18.9 Å². The lowest BCUT2D eigenvalue weighted by Crippen LogP contribution is -2.26. The fourth-order valence-corrected chi connectivity index (χ4v) is 2.42. The Morgan fingerprint density at radius 2 is 1.75 bits per heavy atom. The van der Waals surface area contributed by atoms with Gasteiger partial charge in [-0.2, -0.15) is 0 Å². The predicted octanol–water partition coefficient (Wildman–Crippen LogP) is 3.60. The average molecular weight is 294 g/mol. The van der Waals surface area contributed by atoms with Gasteiger partial charge in [0, 0.05) is 6.04 Å². The third-order valence-electron chi connectivity index (χ3n) is 3.19. The minimum atomic E-state index is -0.409. The molecule has 0 spiro atoms. The third kappa shape index (κ3) is 3.50. The highest BCUT2D eigenvalue weighted by Crippen LogP contribution is 2.23. The number of benzene rings is 2. The zero-order chi connectivity index (χ0) is 14.5. The van der Waals surface area contributed by atoms with Crippen molar-refractivity contribution in [1.29, 1.82) is 0 Å². The summed E-state index contributed by atoms with van der Waals surface area (Å²) >= 11 is 5.94. The Morgan fingerprint density at radius 3 is 2.50 bits per heavy atom. The van der Waals surface area contributed by atoms with E-state index in [0.29, 0.717) is 12.8 Å². The summed E-state index contributed by atoms with van der Waals surface area (Å²) in [5, 5.41) is 0.156. The Kier molecular flexibility index (Phi) is 4.99. The molecule has 0 radical (unpaired) electrons. The Labute approximate surface area is 123 Å².